The van der Waals surface area contributed by atoms with Crippen LogP contribution in [0.25, 0.3) is 0 Å². The fourth-order valence-corrected chi connectivity index (χ4v) is 2.13. The van der Waals surface area contributed by atoms with Crippen LogP contribution in [0.2, 0.25) is 5.02 Å². The fraction of sp³-hybridized carbons (Fsp3) is 0.0714. The lowest BCUT2D eigenvalue weighted by Crippen LogP contribution is -2.04. The van der Waals surface area contributed by atoms with Crippen molar-refractivity contribution in [3.05, 3.63) is 68.7 Å². The van der Waals surface area contributed by atoms with Crippen LogP contribution in [-0.2, 0) is 0 Å². The highest BCUT2D eigenvalue weighted by atomic mass is 35.5. The fourth-order valence-electron chi connectivity index (χ4n) is 1.80. The Morgan fingerprint density at radius 2 is 1.85 bits per heavy atom. The first-order chi connectivity index (χ1) is 9.56. The van der Waals surface area contributed by atoms with Crippen LogP contribution < -0.4 is 4.74 Å². The molecule has 0 N–H and O–H groups in total. The molecule has 0 spiro atoms. The number of benzene rings is 2. The minimum Gasteiger partial charge on any atom is -0.489 e. The highest BCUT2D eigenvalue weighted by Crippen LogP contribution is 2.37. The number of halogens is 1. The van der Waals surface area contributed by atoms with Gasteiger partial charge in [0.15, 0.2) is 5.78 Å². The maximum absolute atomic E-state index is 12.3. The second-order valence-electron chi connectivity index (χ2n) is 3.93. The molecule has 2 aromatic carbocycles. The Morgan fingerprint density at radius 1 is 1.20 bits per heavy atom. The van der Waals surface area contributed by atoms with Crippen LogP contribution >= 0.6 is 11.6 Å². The number of rotatable bonds is 4. The van der Waals surface area contributed by atoms with Gasteiger partial charge in [0.25, 0.3) is 0 Å². The standard InChI is InChI=1S/C14H10ClNO4/c1-20-14-11(16(18)19)8-7-10(12(14)15)13(17)9-5-3-2-4-6-9/h2-8H,1H3. The number of carbonyl (C=O) groups is 1. The summed E-state index contributed by atoms with van der Waals surface area (Å²) in [5.74, 6) is -0.428. The predicted octanol–water partition coefficient (Wildman–Crippen LogP) is 3.49. The van der Waals surface area contributed by atoms with Crippen molar-refractivity contribution >= 4 is 23.1 Å². The molecule has 0 radical (unpaired) electrons. The van der Waals surface area contributed by atoms with Gasteiger partial charge in [0, 0.05) is 17.2 Å². The van der Waals surface area contributed by atoms with Crippen molar-refractivity contribution in [1.82, 2.24) is 0 Å². The molecule has 5 nitrogen and oxygen atoms in total. The molecular formula is C14H10ClNO4. The first-order valence-corrected chi connectivity index (χ1v) is 6.04. The Balaban J connectivity index is 2.54. The zero-order valence-corrected chi connectivity index (χ0v) is 11.3. The van der Waals surface area contributed by atoms with E-state index in [0.717, 1.165) is 0 Å². The molecule has 0 heterocycles. The van der Waals surface area contributed by atoms with E-state index in [1.54, 1.807) is 30.3 Å². The molecule has 0 fully saturated rings. The zero-order chi connectivity index (χ0) is 14.7. The largest absolute Gasteiger partial charge is 0.489 e. The summed E-state index contributed by atoms with van der Waals surface area (Å²) in [7, 11) is 1.27. The molecule has 0 bridgehead atoms. The minimum absolute atomic E-state index is 0.0597. The van der Waals surface area contributed by atoms with E-state index in [0.29, 0.717) is 5.56 Å². The second-order valence-corrected chi connectivity index (χ2v) is 4.31. The van der Waals surface area contributed by atoms with E-state index < -0.39 is 4.92 Å². The highest BCUT2D eigenvalue weighted by Gasteiger charge is 2.24. The number of hydrogen-bond acceptors (Lipinski definition) is 4. The smallest absolute Gasteiger partial charge is 0.312 e. The number of nitro groups is 1. The summed E-state index contributed by atoms with van der Waals surface area (Å²) in [6.07, 6.45) is 0. The quantitative estimate of drug-likeness (QED) is 0.491. The van der Waals surface area contributed by atoms with Crippen LogP contribution in [0.4, 0.5) is 5.69 Å². The molecule has 0 saturated carbocycles. The van der Waals surface area contributed by atoms with Gasteiger partial charge in [-0.1, -0.05) is 41.9 Å². The molecule has 2 rings (SSSR count). The Labute approximate surface area is 119 Å². The summed E-state index contributed by atoms with van der Waals surface area (Å²) in [6, 6.07) is 11.1. The highest BCUT2D eigenvalue weighted by molar-refractivity contribution is 6.36. The minimum atomic E-state index is -0.610. The average Bonchev–Trinajstić information content (AvgIpc) is 2.47. The predicted molar refractivity (Wildman–Crippen MR) is 74.5 cm³/mol. The van der Waals surface area contributed by atoms with Gasteiger partial charge < -0.3 is 4.74 Å². The Morgan fingerprint density at radius 3 is 2.40 bits per heavy atom. The lowest BCUT2D eigenvalue weighted by atomic mass is 10.0. The van der Waals surface area contributed by atoms with Crippen molar-refractivity contribution in [2.24, 2.45) is 0 Å². The number of carbonyl (C=O) groups excluding carboxylic acids is 1. The van der Waals surface area contributed by atoms with Gasteiger partial charge in [-0.2, -0.15) is 0 Å². The molecule has 0 aliphatic rings. The van der Waals surface area contributed by atoms with Crippen molar-refractivity contribution < 1.29 is 14.5 Å². The van der Waals surface area contributed by atoms with Gasteiger partial charge in [-0.3, -0.25) is 14.9 Å². The van der Waals surface area contributed by atoms with E-state index >= 15 is 0 Å². The van der Waals surface area contributed by atoms with Crippen LogP contribution in [0.5, 0.6) is 5.75 Å². The molecule has 0 aliphatic carbocycles. The topological polar surface area (TPSA) is 69.4 Å². The van der Waals surface area contributed by atoms with Crippen molar-refractivity contribution in [2.45, 2.75) is 0 Å². The van der Waals surface area contributed by atoms with Gasteiger partial charge in [-0.05, 0) is 6.07 Å². The maximum atomic E-state index is 12.3. The molecule has 0 amide bonds. The number of ketones is 1. The van der Waals surface area contributed by atoms with E-state index in [9.17, 15) is 14.9 Å². The monoisotopic (exact) mass is 291 g/mol. The SMILES string of the molecule is COc1c([N+](=O)[O-])ccc(C(=O)c2ccccc2)c1Cl. The molecule has 2 aromatic rings. The van der Waals surface area contributed by atoms with Crippen molar-refractivity contribution in [2.75, 3.05) is 7.11 Å². The average molecular weight is 292 g/mol. The van der Waals surface area contributed by atoms with Gasteiger partial charge in [-0.15, -0.1) is 0 Å². The summed E-state index contributed by atoms with van der Waals surface area (Å²) in [5, 5.41) is 10.8. The van der Waals surface area contributed by atoms with Gasteiger partial charge in [0.2, 0.25) is 5.75 Å². The first kappa shape index (κ1) is 14.0. The molecule has 20 heavy (non-hydrogen) atoms. The summed E-state index contributed by atoms with van der Waals surface area (Å²) in [4.78, 5) is 22.6. The van der Waals surface area contributed by atoms with Crippen LogP contribution in [0.1, 0.15) is 15.9 Å². The second kappa shape index (κ2) is 5.71. The van der Waals surface area contributed by atoms with Crippen molar-refractivity contribution in [1.29, 1.82) is 0 Å². The van der Waals surface area contributed by atoms with Gasteiger partial charge in [-0.25, -0.2) is 0 Å². The molecule has 0 atom stereocenters. The molecule has 0 aromatic heterocycles. The van der Waals surface area contributed by atoms with Crippen LogP contribution in [0.15, 0.2) is 42.5 Å². The summed E-state index contributed by atoms with van der Waals surface area (Å²) >= 11 is 6.05. The zero-order valence-electron chi connectivity index (χ0n) is 10.5. The van der Waals surface area contributed by atoms with Crippen molar-refractivity contribution in [3.63, 3.8) is 0 Å². The lowest BCUT2D eigenvalue weighted by Gasteiger charge is -2.08. The molecule has 0 aliphatic heterocycles. The van der Waals surface area contributed by atoms with Crippen LogP contribution in [0.3, 0.4) is 0 Å². The number of methoxy groups -OCH3 is 1. The van der Waals surface area contributed by atoms with Crippen molar-refractivity contribution in [3.8, 4) is 5.75 Å². The van der Waals surface area contributed by atoms with E-state index in [-0.39, 0.29) is 27.8 Å². The normalized spacial score (nSPS) is 10.1. The van der Waals surface area contributed by atoms with E-state index in [2.05, 4.69) is 0 Å². The molecular weight excluding hydrogens is 282 g/mol. The number of nitrogens with zero attached hydrogens (tertiary/aromatic N) is 1. The number of hydrogen-bond donors (Lipinski definition) is 0. The maximum Gasteiger partial charge on any atom is 0.312 e. The summed E-state index contributed by atoms with van der Waals surface area (Å²) in [5.41, 5.74) is 0.340. The Bertz CT molecular complexity index is 670. The van der Waals surface area contributed by atoms with E-state index in [1.165, 1.54) is 19.2 Å². The third-order valence-electron chi connectivity index (χ3n) is 2.76. The lowest BCUT2D eigenvalue weighted by molar-refractivity contribution is -0.385. The summed E-state index contributed by atoms with van der Waals surface area (Å²) < 4.78 is 4.94. The van der Waals surface area contributed by atoms with Gasteiger partial charge in [0.1, 0.15) is 5.02 Å². The molecule has 102 valence electrons. The number of nitro benzene ring substituents is 1. The van der Waals surface area contributed by atoms with E-state index in [1.807, 2.05) is 0 Å². The van der Waals surface area contributed by atoms with E-state index in [4.69, 9.17) is 16.3 Å². The Kier molecular flexibility index (Phi) is 4.00. The van der Waals surface area contributed by atoms with Gasteiger partial charge in [0.05, 0.1) is 12.0 Å². The van der Waals surface area contributed by atoms with Crippen LogP contribution in [0, 0.1) is 10.1 Å². The third-order valence-corrected chi connectivity index (χ3v) is 3.13. The number of ether oxygens (including phenoxy) is 1. The Hall–Kier alpha value is -2.40. The molecule has 6 heteroatoms. The summed E-state index contributed by atoms with van der Waals surface area (Å²) in [6.45, 7) is 0. The molecule has 0 saturated heterocycles. The van der Waals surface area contributed by atoms with Crippen LogP contribution in [-0.4, -0.2) is 17.8 Å². The first-order valence-electron chi connectivity index (χ1n) is 5.67. The van der Waals surface area contributed by atoms with Gasteiger partial charge >= 0.3 is 5.69 Å². The third kappa shape index (κ3) is 2.48. The molecule has 0 unspecified atom stereocenters.